The first-order valence-electron chi connectivity index (χ1n) is 7.52. The van der Waals surface area contributed by atoms with Crippen molar-refractivity contribution in [1.82, 2.24) is 24.8 Å². The van der Waals surface area contributed by atoms with Gasteiger partial charge in [0.05, 0.1) is 17.4 Å². The number of fused-ring (bicyclic) bond motifs is 1. The SMILES string of the molecule is CC(=O)NCCCn1cc(-c2ccnc(N)n2)c2cc(Br)ncc21. The minimum Gasteiger partial charge on any atom is -0.368 e. The van der Waals surface area contributed by atoms with Crippen LogP contribution in [0, 0.1) is 0 Å². The lowest BCUT2D eigenvalue weighted by Gasteiger charge is -2.05. The highest BCUT2D eigenvalue weighted by molar-refractivity contribution is 9.10. The van der Waals surface area contributed by atoms with Crippen molar-refractivity contribution in [3.63, 3.8) is 0 Å². The molecule has 0 unspecified atom stereocenters. The second kappa shape index (κ2) is 6.96. The Kier molecular flexibility index (Phi) is 4.75. The highest BCUT2D eigenvalue weighted by Gasteiger charge is 2.13. The lowest BCUT2D eigenvalue weighted by Crippen LogP contribution is -2.21. The highest BCUT2D eigenvalue weighted by atomic mass is 79.9. The van der Waals surface area contributed by atoms with Crippen LogP contribution >= 0.6 is 15.9 Å². The molecule has 8 heteroatoms. The van der Waals surface area contributed by atoms with Crippen LogP contribution in [0.2, 0.25) is 0 Å². The number of rotatable bonds is 5. The molecule has 1 amide bonds. The molecule has 0 fully saturated rings. The zero-order chi connectivity index (χ0) is 17.1. The number of anilines is 1. The average Bonchev–Trinajstić information content (AvgIpc) is 2.89. The van der Waals surface area contributed by atoms with Gasteiger partial charge in [-0.2, -0.15) is 0 Å². The summed E-state index contributed by atoms with van der Waals surface area (Å²) in [5.41, 5.74) is 8.46. The van der Waals surface area contributed by atoms with Crippen LogP contribution in [0.1, 0.15) is 13.3 Å². The number of hydrogen-bond acceptors (Lipinski definition) is 5. The van der Waals surface area contributed by atoms with Crippen LogP contribution in [0.25, 0.3) is 22.2 Å². The third kappa shape index (κ3) is 3.53. The van der Waals surface area contributed by atoms with E-state index in [2.05, 4.69) is 40.8 Å². The molecule has 0 radical (unpaired) electrons. The van der Waals surface area contributed by atoms with Crippen molar-refractivity contribution in [3.8, 4) is 11.3 Å². The Balaban J connectivity index is 1.97. The van der Waals surface area contributed by atoms with Gasteiger partial charge in [0, 0.05) is 43.4 Å². The van der Waals surface area contributed by atoms with Crippen molar-refractivity contribution < 1.29 is 4.79 Å². The molecule has 0 aliphatic rings. The van der Waals surface area contributed by atoms with Gasteiger partial charge in [-0.25, -0.2) is 15.0 Å². The molecule has 24 heavy (non-hydrogen) atoms. The Morgan fingerprint density at radius 1 is 1.42 bits per heavy atom. The first kappa shape index (κ1) is 16.4. The van der Waals surface area contributed by atoms with Gasteiger partial charge in [0.1, 0.15) is 4.60 Å². The van der Waals surface area contributed by atoms with E-state index in [9.17, 15) is 4.79 Å². The molecule has 0 saturated carbocycles. The quantitative estimate of drug-likeness (QED) is 0.516. The van der Waals surface area contributed by atoms with E-state index in [1.54, 1.807) is 6.20 Å². The van der Waals surface area contributed by atoms with Crippen molar-refractivity contribution in [1.29, 1.82) is 0 Å². The van der Waals surface area contributed by atoms with Crippen LogP contribution in [0.3, 0.4) is 0 Å². The van der Waals surface area contributed by atoms with Gasteiger partial charge < -0.3 is 15.6 Å². The number of carbonyl (C=O) groups excluding carboxylic acids is 1. The van der Waals surface area contributed by atoms with Crippen molar-refractivity contribution in [3.05, 3.63) is 35.3 Å². The second-order valence-corrected chi connectivity index (χ2v) is 6.21. The van der Waals surface area contributed by atoms with Crippen LogP contribution in [-0.4, -0.2) is 32.0 Å². The maximum Gasteiger partial charge on any atom is 0.220 e. The zero-order valence-electron chi connectivity index (χ0n) is 13.2. The number of carbonyl (C=O) groups is 1. The summed E-state index contributed by atoms with van der Waals surface area (Å²) in [4.78, 5) is 23.5. The summed E-state index contributed by atoms with van der Waals surface area (Å²) in [7, 11) is 0. The van der Waals surface area contributed by atoms with Gasteiger partial charge in [-0.05, 0) is 34.5 Å². The van der Waals surface area contributed by atoms with Gasteiger partial charge in [0.25, 0.3) is 0 Å². The van der Waals surface area contributed by atoms with Gasteiger partial charge in [-0.15, -0.1) is 0 Å². The largest absolute Gasteiger partial charge is 0.368 e. The number of amides is 1. The maximum absolute atomic E-state index is 11.0. The summed E-state index contributed by atoms with van der Waals surface area (Å²) in [6.07, 6.45) is 6.33. The molecule has 7 nitrogen and oxygen atoms in total. The molecular formula is C16H17BrN6O. The summed E-state index contributed by atoms with van der Waals surface area (Å²) in [6.45, 7) is 2.92. The topological polar surface area (TPSA) is 98.7 Å². The molecule has 0 aromatic carbocycles. The number of nitrogens with two attached hydrogens (primary N) is 1. The fourth-order valence-electron chi connectivity index (χ4n) is 2.59. The molecule has 0 spiro atoms. The summed E-state index contributed by atoms with van der Waals surface area (Å²) < 4.78 is 2.87. The Morgan fingerprint density at radius 3 is 3.00 bits per heavy atom. The molecule has 3 aromatic heterocycles. The number of nitrogen functional groups attached to an aromatic ring is 1. The first-order chi connectivity index (χ1) is 11.5. The van der Waals surface area contributed by atoms with Crippen LogP contribution in [0.4, 0.5) is 5.95 Å². The smallest absolute Gasteiger partial charge is 0.220 e. The molecule has 0 aliphatic heterocycles. The van der Waals surface area contributed by atoms with E-state index in [0.29, 0.717) is 6.54 Å². The van der Waals surface area contributed by atoms with Crippen molar-refractivity contribution in [2.24, 2.45) is 0 Å². The van der Waals surface area contributed by atoms with Crippen LogP contribution in [-0.2, 0) is 11.3 Å². The number of pyridine rings is 1. The molecule has 0 saturated heterocycles. The van der Waals surface area contributed by atoms with E-state index in [1.807, 2.05) is 24.5 Å². The number of hydrogen-bond donors (Lipinski definition) is 2. The summed E-state index contributed by atoms with van der Waals surface area (Å²) >= 11 is 3.42. The predicted octanol–water partition coefficient (Wildman–Crippen LogP) is 2.36. The van der Waals surface area contributed by atoms with E-state index >= 15 is 0 Å². The summed E-state index contributed by atoms with van der Waals surface area (Å²) in [5, 5.41) is 3.84. The van der Waals surface area contributed by atoms with E-state index in [4.69, 9.17) is 5.73 Å². The Labute approximate surface area is 147 Å². The van der Waals surface area contributed by atoms with Gasteiger partial charge in [-0.3, -0.25) is 4.79 Å². The molecule has 3 aromatic rings. The van der Waals surface area contributed by atoms with E-state index in [1.165, 1.54) is 6.92 Å². The third-order valence-corrected chi connectivity index (χ3v) is 4.07. The lowest BCUT2D eigenvalue weighted by atomic mass is 10.1. The maximum atomic E-state index is 11.0. The molecule has 0 bridgehead atoms. The van der Waals surface area contributed by atoms with Crippen molar-refractivity contribution in [2.75, 3.05) is 12.3 Å². The van der Waals surface area contributed by atoms with Crippen LogP contribution < -0.4 is 11.1 Å². The molecular weight excluding hydrogens is 372 g/mol. The number of nitrogens with one attached hydrogen (secondary N) is 1. The zero-order valence-corrected chi connectivity index (χ0v) is 14.7. The minimum absolute atomic E-state index is 0.0184. The number of aryl methyl sites for hydroxylation is 1. The Hall–Kier alpha value is -2.48. The number of halogens is 1. The van der Waals surface area contributed by atoms with Crippen molar-refractivity contribution >= 4 is 38.7 Å². The normalized spacial score (nSPS) is 10.9. The molecule has 124 valence electrons. The molecule has 0 aliphatic carbocycles. The summed E-state index contributed by atoms with van der Waals surface area (Å²) in [5.74, 6) is 0.224. The van der Waals surface area contributed by atoms with Crippen molar-refractivity contribution in [2.45, 2.75) is 19.9 Å². The standard InChI is InChI=1S/C16H17BrN6O/c1-10(24)19-4-2-6-23-9-12(13-3-5-20-16(18)22-13)11-7-15(17)21-8-14(11)23/h3,5,7-9H,2,4,6H2,1H3,(H,19,24)(H2,18,20,22). The van der Waals surface area contributed by atoms with Gasteiger partial charge in [0.15, 0.2) is 0 Å². The predicted molar refractivity (Wildman–Crippen MR) is 96.2 cm³/mol. The van der Waals surface area contributed by atoms with Gasteiger partial charge in [0.2, 0.25) is 11.9 Å². The van der Waals surface area contributed by atoms with Gasteiger partial charge in [-0.1, -0.05) is 0 Å². The van der Waals surface area contributed by atoms with E-state index in [-0.39, 0.29) is 11.9 Å². The molecule has 0 atom stereocenters. The molecule has 3 N–H and O–H groups in total. The van der Waals surface area contributed by atoms with Crippen LogP contribution in [0.5, 0.6) is 0 Å². The highest BCUT2D eigenvalue weighted by Crippen LogP contribution is 2.31. The minimum atomic E-state index is -0.0184. The van der Waals surface area contributed by atoms with Gasteiger partial charge >= 0.3 is 0 Å². The fraction of sp³-hybridized carbons (Fsp3) is 0.250. The summed E-state index contributed by atoms with van der Waals surface area (Å²) in [6, 6.07) is 3.80. The Morgan fingerprint density at radius 2 is 2.25 bits per heavy atom. The number of nitrogens with zero attached hydrogens (tertiary/aromatic N) is 4. The van der Waals surface area contributed by atoms with E-state index < -0.39 is 0 Å². The van der Waals surface area contributed by atoms with E-state index in [0.717, 1.165) is 39.7 Å². The van der Waals surface area contributed by atoms with Crippen LogP contribution in [0.15, 0.2) is 35.3 Å². The molecule has 3 heterocycles. The monoisotopic (exact) mass is 388 g/mol. The second-order valence-electron chi connectivity index (χ2n) is 5.40. The number of aromatic nitrogens is 4. The third-order valence-electron chi connectivity index (χ3n) is 3.63. The Bertz CT molecular complexity index is 891. The molecule has 3 rings (SSSR count). The lowest BCUT2D eigenvalue weighted by molar-refractivity contribution is -0.118. The fourth-order valence-corrected chi connectivity index (χ4v) is 2.92. The average molecular weight is 389 g/mol. The first-order valence-corrected chi connectivity index (χ1v) is 8.31.